The van der Waals surface area contributed by atoms with Gasteiger partial charge in [-0.15, -0.1) is 0 Å². The van der Waals surface area contributed by atoms with Crippen LogP contribution in [0.4, 0.5) is 0 Å². The van der Waals surface area contributed by atoms with E-state index < -0.39 is 18.0 Å². The third-order valence-electron chi connectivity index (χ3n) is 4.09. The lowest BCUT2D eigenvalue weighted by atomic mass is 9.97. The van der Waals surface area contributed by atoms with Crippen LogP contribution in [0.1, 0.15) is 59.8 Å². The lowest BCUT2D eigenvalue weighted by Gasteiger charge is -2.21. The van der Waals surface area contributed by atoms with Crippen LogP contribution in [-0.2, 0) is 17.6 Å². The van der Waals surface area contributed by atoms with Crippen molar-refractivity contribution in [2.45, 2.75) is 45.6 Å². The minimum atomic E-state index is -1.14. The van der Waals surface area contributed by atoms with Crippen LogP contribution in [0.2, 0.25) is 0 Å². The van der Waals surface area contributed by atoms with E-state index in [9.17, 15) is 19.8 Å². The maximum atomic E-state index is 11.8. The van der Waals surface area contributed by atoms with Crippen LogP contribution >= 0.6 is 0 Å². The number of carboxylic acid groups (broad SMARTS) is 2. The topological polar surface area (TPSA) is 83.8 Å². The van der Waals surface area contributed by atoms with E-state index in [0.29, 0.717) is 24.2 Å². The molecule has 138 valence electrons. The fourth-order valence-electron chi connectivity index (χ4n) is 2.95. The lowest BCUT2D eigenvalue weighted by Crippen LogP contribution is -2.20. The highest BCUT2D eigenvalue weighted by Gasteiger charge is 2.25. The molecule has 0 aliphatic heterocycles. The second-order valence-corrected chi connectivity index (χ2v) is 6.18. The van der Waals surface area contributed by atoms with Crippen LogP contribution in [0.25, 0.3) is 0 Å². The summed E-state index contributed by atoms with van der Waals surface area (Å²) < 4.78 is 5.97. The van der Waals surface area contributed by atoms with Crippen molar-refractivity contribution in [3.63, 3.8) is 0 Å². The van der Waals surface area contributed by atoms with Crippen LogP contribution < -0.4 is 4.74 Å². The molecular weight excluding hydrogens is 332 g/mol. The third-order valence-corrected chi connectivity index (χ3v) is 4.09. The van der Waals surface area contributed by atoms with Crippen molar-refractivity contribution in [2.75, 3.05) is 0 Å². The number of carbonyl (C=O) groups is 2. The predicted octanol–water partition coefficient (Wildman–Crippen LogP) is 4.49. The molecule has 0 aromatic heterocycles. The fourth-order valence-corrected chi connectivity index (χ4v) is 2.95. The molecule has 0 spiro atoms. The minimum absolute atomic E-state index is 0.204. The standard InChI is InChI=1S/C21H24O5/c1-3-8-15-12-17(20(22)23)13-16(9-4-2)18(15)26-19(21(24)25)14-10-6-5-7-11-14/h5-7,10-13,19H,3-4,8-9H2,1-2H3,(H,22,23)(H,24,25)/t19-/m1/s1. The van der Waals surface area contributed by atoms with E-state index in [4.69, 9.17) is 4.74 Å². The molecule has 5 nitrogen and oxygen atoms in total. The van der Waals surface area contributed by atoms with E-state index in [1.165, 1.54) is 0 Å². The van der Waals surface area contributed by atoms with Gasteiger partial charge in [-0.1, -0.05) is 57.0 Å². The zero-order valence-electron chi connectivity index (χ0n) is 15.1. The van der Waals surface area contributed by atoms with Gasteiger partial charge < -0.3 is 14.9 Å². The van der Waals surface area contributed by atoms with Crippen molar-refractivity contribution in [2.24, 2.45) is 0 Å². The number of aromatic carboxylic acids is 1. The number of rotatable bonds is 9. The maximum absolute atomic E-state index is 11.8. The summed E-state index contributed by atoms with van der Waals surface area (Å²) in [4.78, 5) is 23.2. The van der Waals surface area contributed by atoms with Gasteiger partial charge in [-0.05, 0) is 36.1 Å². The first-order valence-electron chi connectivity index (χ1n) is 8.81. The normalized spacial score (nSPS) is 11.8. The molecule has 0 amide bonds. The van der Waals surface area contributed by atoms with Gasteiger partial charge in [0.1, 0.15) is 5.75 Å². The molecule has 0 saturated carbocycles. The molecule has 2 rings (SSSR count). The average molecular weight is 356 g/mol. The number of aryl methyl sites for hydroxylation is 2. The summed E-state index contributed by atoms with van der Waals surface area (Å²) in [6.45, 7) is 3.98. The first kappa shape index (κ1) is 19.5. The van der Waals surface area contributed by atoms with Gasteiger partial charge in [0.25, 0.3) is 0 Å². The number of hydrogen-bond acceptors (Lipinski definition) is 3. The Morgan fingerprint density at radius 2 is 1.50 bits per heavy atom. The van der Waals surface area contributed by atoms with E-state index in [-0.39, 0.29) is 5.56 Å². The molecule has 2 N–H and O–H groups in total. The number of hydrogen-bond donors (Lipinski definition) is 2. The van der Waals surface area contributed by atoms with Gasteiger partial charge in [0.15, 0.2) is 0 Å². The molecule has 0 aliphatic carbocycles. The summed E-state index contributed by atoms with van der Waals surface area (Å²) >= 11 is 0. The van der Waals surface area contributed by atoms with Crippen LogP contribution in [0, 0.1) is 0 Å². The van der Waals surface area contributed by atoms with E-state index in [1.807, 2.05) is 19.9 Å². The first-order chi connectivity index (χ1) is 12.5. The highest BCUT2D eigenvalue weighted by molar-refractivity contribution is 5.88. The predicted molar refractivity (Wildman–Crippen MR) is 98.8 cm³/mol. The van der Waals surface area contributed by atoms with Crippen molar-refractivity contribution in [1.29, 1.82) is 0 Å². The van der Waals surface area contributed by atoms with Crippen molar-refractivity contribution in [3.8, 4) is 5.75 Å². The molecular formula is C21H24O5. The molecule has 0 fully saturated rings. The average Bonchev–Trinajstić information content (AvgIpc) is 2.61. The Morgan fingerprint density at radius 1 is 0.962 bits per heavy atom. The van der Waals surface area contributed by atoms with Crippen LogP contribution in [0.5, 0.6) is 5.75 Å². The number of carboxylic acids is 2. The summed E-state index contributed by atoms with van der Waals surface area (Å²) in [5, 5.41) is 19.0. The first-order valence-corrected chi connectivity index (χ1v) is 8.81. The molecule has 0 bridgehead atoms. The van der Waals surface area contributed by atoms with Crippen molar-refractivity contribution >= 4 is 11.9 Å². The largest absolute Gasteiger partial charge is 0.478 e. The Kier molecular flexibility index (Phi) is 6.78. The third kappa shape index (κ3) is 4.63. The second kappa shape index (κ2) is 9.04. The van der Waals surface area contributed by atoms with E-state index in [2.05, 4.69) is 0 Å². The van der Waals surface area contributed by atoms with Crippen molar-refractivity contribution in [3.05, 3.63) is 64.7 Å². The van der Waals surface area contributed by atoms with Crippen LogP contribution in [0.15, 0.2) is 42.5 Å². The molecule has 0 saturated heterocycles. The Bertz CT molecular complexity index is 740. The highest BCUT2D eigenvalue weighted by atomic mass is 16.5. The number of aliphatic carboxylic acids is 1. The molecule has 0 aliphatic rings. The molecule has 0 unspecified atom stereocenters. The zero-order chi connectivity index (χ0) is 19.1. The monoisotopic (exact) mass is 356 g/mol. The molecule has 2 aromatic rings. The Balaban J connectivity index is 2.54. The summed E-state index contributed by atoms with van der Waals surface area (Å²) in [5.74, 6) is -1.58. The quantitative estimate of drug-likeness (QED) is 0.691. The SMILES string of the molecule is CCCc1cc(C(=O)O)cc(CCC)c1O[C@@H](C(=O)O)c1ccccc1. The summed E-state index contributed by atoms with van der Waals surface area (Å²) in [6, 6.07) is 11.9. The van der Waals surface area contributed by atoms with E-state index in [1.54, 1.807) is 36.4 Å². The van der Waals surface area contributed by atoms with Crippen LogP contribution in [-0.4, -0.2) is 22.2 Å². The zero-order valence-corrected chi connectivity index (χ0v) is 15.1. The molecule has 0 heterocycles. The van der Waals surface area contributed by atoms with Gasteiger partial charge in [-0.2, -0.15) is 0 Å². The fraction of sp³-hybridized carbons (Fsp3) is 0.333. The Hall–Kier alpha value is -2.82. The summed E-state index contributed by atoms with van der Waals surface area (Å²) in [7, 11) is 0. The number of benzene rings is 2. The smallest absolute Gasteiger partial charge is 0.349 e. The molecule has 5 heteroatoms. The number of ether oxygens (including phenoxy) is 1. The van der Waals surface area contributed by atoms with E-state index >= 15 is 0 Å². The molecule has 1 atom stereocenters. The maximum Gasteiger partial charge on any atom is 0.349 e. The van der Waals surface area contributed by atoms with Crippen molar-refractivity contribution in [1.82, 2.24) is 0 Å². The summed E-state index contributed by atoms with van der Waals surface area (Å²) in [6.07, 6.45) is 1.70. The highest BCUT2D eigenvalue weighted by Crippen LogP contribution is 2.33. The Morgan fingerprint density at radius 3 is 1.92 bits per heavy atom. The van der Waals surface area contributed by atoms with Crippen LogP contribution in [0.3, 0.4) is 0 Å². The van der Waals surface area contributed by atoms with Gasteiger partial charge in [-0.25, -0.2) is 9.59 Å². The van der Waals surface area contributed by atoms with Crippen molar-refractivity contribution < 1.29 is 24.5 Å². The minimum Gasteiger partial charge on any atom is -0.478 e. The van der Waals surface area contributed by atoms with Gasteiger partial charge in [0.2, 0.25) is 6.10 Å². The molecule has 26 heavy (non-hydrogen) atoms. The van der Waals surface area contributed by atoms with Gasteiger partial charge in [0.05, 0.1) is 5.56 Å². The second-order valence-electron chi connectivity index (χ2n) is 6.18. The van der Waals surface area contributed by atoms with Gasteiger partial charge >= 0.3 is 11.9 Å². The van der Waals surface area contributed by atoms with Gasteiger partial charge in [0, 0.05) is 5.56 Å². The molecule has 2 aromatic carbocycles. The molecule has 0 radical (unpaired) electrons. The lowest BCUT2D eigenvalue weighted by molar-refractivity contribution is -0.145. The summed E-state index contributed by atoms with van der Waals surface area (Å²) in [5.41, 5.74) is 2.22. The van der Waals surface area contributed by atoms with Gasteiger partial charge in [-0.3, -0.25) is 0 Å². The van der Waals surface area contributed by atoms with E-state index in [0.717, 1.165) is 24.0 Å². The Labute approximate surface area is 153 Å².